The van der Waals surface area contributed by atoms with Gasteiger partial charge in [0.05, 0.1) is 0 Å². The summed E-state index contributed by atoms with van der Waals surface area (Å²) in [6.07, 6.45) is 0. The molecule has 2 fully saturated rings. The summed E-state index contributed by atoms with van der Waals surface area (Å²) in [4.78, 5) is 0. The lowest BCUT2D eigenvalue weighted by molar-refractivity contribution is 0.229. The maximum absolute atomic E-state index is 6.46. The summed E-state index contributed by atoms with van der Waals surface area (Å²) in [5.74, 6) is 0. The van der Waals surface area contributed by atoms with E-state index in [0.29, 0.717) is 0 Å². The first kappa shape index (κ1) is 49.9. The zero-order chi connectivity index (χ0) is 36.2. The zero-order valence-corrected chi connectivity index (χ0v) is 43.5. The summed E-state index contributed by atoms with van der Waals surface area (Å²) in [6, 6.07) is 3.77. The molecule has 0 amide bonds. The highest BCUT2D eigenvalue weighted by atomic mass is 28.5. The average molecular weight is 828 g/mol. The molecule has 0 radical (unpaired) electrons. The third-order valence-electron chi connectivity index (χ3n) is 6.87. The SMILES string of the molecule is C.CC[Si]1(C)O[Si](C)(C)O[Si](C)(C)O[Si](C)(CC)O1.CC[Si]1(C)O[Si](C)(C)O[Si](C)(CC)O[Si](C)(C)O1.C[Si](C)(C)O[Si](C)(C)C. The smallest absolute Gasteiger partial charge is 0.317 e. The first-order valence-corrected chi connectivity index (χ1v) is 45.1. The van der Waals surface area contributed by atoms with Crippen molar-refractivity contribution in [2.24, 2.45) is 0 Å². The third kappa shape index (κ3) is 20.0. The van der Waals surface area contributed by atoms with Gasteiger partial charge in [-0.15, -0.1) is 0 Å². The van der Waals surface area contributed by atoms with Crippen LogP contribution >= 0.6 is 0 Å². The Bertz CT molecular complexity index is 843. The van der Waals surface area contributed by atoms with E-state index >= 15 is 0 Å². The van der Waals surface area contributed by atoms with Gasteiger partial charge in [0, 0.05) is 0 Å². The Morgan fingerprint density at radius 3 is 0.674 bits per heavy atom. The molecule has 2 saturated heterocycles. The van der Waals surface area contributed by atoms with Crippen molar-refractivity contribution in [1.29, 1.82) is 0 Å². The molecule has 19 heteroatoms. The van der Waals surface area contributed by atoms with Crippen molar-refractivity contribution >= 4 is 85.1 Å². The highest BCUT2D eigenvalue weighted by molar-refractivity contribution is 6.94. The fraction of sp³-hybridized carbons (Fsp3) is 1.00. The highest BCUT2D eigenvalue weighted by Gasteiger charge is 2.54. The predicted octanol–water partition coefficient (Wildman–Crippen LogP) is 10.6. The molecule has 0 aromatic heterocycles. The van der Waals surface area contributed by atoms with Gasteiger partial charge in [-0.3, -0.25) is 0 Å². The van der Waals surface area contributed by atoms with Gasteiger partial charge in [0.25, 0.3) is 0 Å². The van der Waals surface area contributed by atoms with E-state index < -0.39 is 85.1 Å². The van der Waals surface area contributed by atoms with Gasteiger partial charge >= 0.3 is 68.5 Å². The lowest BCUT2D eigenvalue weighted by atomic mass is 11.0. The highest BCUT2D eigenvalue weighted by Crippen LogP contribution is 2.35. The first-order valence-electron chi connectivity index (χ1n) is 16.9. The molecule has 0 aromatic rings. The molecule has 0 bridgehead atoms. The minimum absolute atomic E-state index is 0. The third-order valence-corrected chi connectivity index (χ3v) is 46.5. The zero-order valence-electron chi connectivity index (χ0n) is 33.5. The van der Waals surface area contributed by atoms with E-state index in [4.69, 9.17) is 37.0 Å². The summed E-state index contributed by atoms with van der Waals surface area (Å²) in [6.45, 7) is 47.4. The molecule has 0 aliphatic carbocycles. The molecule has 9 nitrogen and oxygen atoms in total. The summed E-state index contributed by atoms with van der Waals surface area (Å²) < 4.78 is 56.9. The minimum atomic E-state index is -2.15. The van der Waals surface area contributed by atoms with Gasteiger partial charge in [0.15, 0.2) is 16.6 Å². The Morgan fingerprint density at radius 1 is 0.348 bits per heavy atom. The van der Waals surface area contributed by atoms with Crippen LogP contribution in [0.3, 0.4) is 0 Å². The molecule has 0 saturated carbocycles. The Labute approximate surface area is 297 Å². The van der Waals surface area contributed by atoms with E-state index in [0.717, 1.165) is 24.2 Å². The van der Waals surface area contributed by atoms with Crippen molar-refractivity contribution in [2.45, 2.75) is 177 Å². The van der Waals surface area contributed by atoms with Crippen LogP contribution in [-0.4, -0.2) is 85.1 Å². The molecule has 2 aliphatic heterocycles. The van der Waals surface area contributed by atoms with Gasteiger partial charge in [0.1, 0.15) is 0 Å². The van der Waals surface area contributed by atoms with Crippen LogP contribution in [0.25, 0.3) is 0 Å². The lowest BCUT2D eigenvalue weighted by Gasteiger charge is -2.48. The topological polar surface area (TPSA) is 83.1 Å². The van der Waals surface area contributed by atoms with Crippen molar-refractivity contribution in [3.63, 3.8) is 0 Å². The van der Waals surface area contributed by atoms with Crippen molar-refractivity contribution < 1.29 is 37.0 Å². The Balaban J connectivity index is 0. The van der Waals surface area contributed by atoms with Crippen molar-refractivity contribution in [3.8, 4) is 0 Å². The second-order valence-electron chi connectivity index (χ2n) is 16.7. The first-order chi connectivity index (χ1) is 19.6. The normalized spacial score (nSPS) is 34.0. The largest absolute Gasteiger partial charge is 0.456 e. The van der Waals surface area contributed by atoms with Crippen molar-refractivity contribution in [3.05, 3.63) is 0 Å². The monoisotopic (exact) mass is 826 g/mol. The maximum atomic E-state index is 6.46. The van der Waals surface area contributed by atoms with Crippen molar-refractivity contribution in [1.82, 2.24) is 0 Å². The molecule has 2 atom stereocenters. The predicted molar refractivity (Wildman–Crippen MR) is 222 cm³/mol. The van der Waals surface area contributed by atoms with E-state index in [1.807, 2.05) is 0 Å². The Hall–Kier alpha value is 1.81. The van der Waals surface area contributed by atoms with E-state index in [-0.39, 0.29) is 7.43 Å². The molecule has 2 unspecified atom stereocenters. The molecule has 2 rings (SSSR count). The molecule has 0 spiro atoms. The van der Waals surface area contributed by atoms with Gasteiger partial charge in [-0.2, -0.15) is 0 Å². The summed E-state index contributed by atoms with van der Waals surface area (Å²) >= 11 is 0. The molecule has 280 valence electrons. The fourth-order valence-electron chi connectivity index (χ4n) is 5.83. The average Bonchev–Trinajstić information content (AvgIpc) is 2.72. The van der Waals surface area contributed by atoms with Crippen LogP contribution in [0, 0.1) is 0 Å². The summed E-state index contributed by atoms with van der Waals surface area (Å²) in [5, 5.41) is 0. The number of hydrogen-bond acceptors (Lipinski definition) is 9. The molecule has 2 aliphatic rings. The fourth-order valence-corrected chi connectivity index (χ4v) is 55.5. The second-order valence-corrected chi connectivity index (χ2v) is 55.6. The van der Waals surface area contributed by atoms with Crippen LogP contribution in [0.15, 0.2) is 0 Å². The maximum Gasteiger partial charge on any atom is 0.317 e. The second kappa shape index (κ2) is 17.6. The van der Waals surface area contributed by atoms with Crippen LogP contribution in [-0.2, 0) is 37.0 Å². The van der Waals surface area contributed by atoms with Gasteiger partial charge in [-0.25, -0.2) is 0 Å². The molecule has 2 heterocycles. The standard InChI is InChI=1S/2C10H28O4Si4.C6H18OSi2.CH4/c1-9-17(7)11-15(3,4)13-18(8,10-2)14-16(5,6)12-17;1-9-17(7)12-15(3,4)11-16(5,6)13-18(8,10-2)14-17;1-8(2,3)7-9(4,5)6;/h2*9-10H2,1-8H3;1-6H3;1H4. The van der Waals surface area contributed by atoms with Crippen LogP contribution in [0.2, 0.25) is 142 Å². The molecule has 46 heavy (non-hydrogen) atoms. The van der Waals surface area contributed by atoms with Crippen LogP contribution in [0.4, 0.5) is 0 Å². The van der Waals surface area contributed by atoms with Gasteiger partial charge < -0.3 is 37.0 Å². The molecular formula is C27H78O9Si10. The minimum Gasteiger partial charge on any atom is -0.456 e. The number of hydrogen-bond donors (Lipinski definition) is 0. The van der Waals surface area contributed by atoms with E-state index in [1.165, 1.54) is 0 Å². The molecule has 0 aromatic carbocycles. The van der Waals surface area contributed by atoms with Crippen LogP contribution in [0.5, 0.6) is 0 Å². The number of rotatable bonds is 6. The van der Waals surface area contributed by atoms with E-state index in [1.54, 1.807) is 0 Å². The molecular weight excluding hydrogens is 749 g/mol. The lowest BCUT2D eigenvalue weighted by Crippen LogP contribution is -2.65. The van der Waals surface area contributed by atoms with Gasteiger partial charge in [-0.05, 0) is 142 Å². The molecule has 0 N–H and O–H groups in total. The Morgan fingerprint density at radius 2 is 0.522 bits per heavy atom. The van der Waals surface area contributed by atoms with Gasteiger partial charge in [-0.1, -0.05) is 35.1 Å². The van der Waals surface area contributed by atoms with E-state index in [9.17, 15) is 0 Å². The summed E-state index contributed by atoms with van der Waals surface area (Å²) in [5.41, 5.74) is 0. The van der Waals surface area contributed by atoms with Crippen LogP contribution < -0.4 is 0 Å². The quantitative estimate of drug-likeness (QED) is 0.243. The van der Waals surface area contributed by atoms with Gasteiger partial charge in [0.2, 0.25) is 0 Å². The Kier molecular flexibility index (Phi) is 19.0. The van der Waals surface area contributed by atoms with Crippen LogP contribution in [0.1, 0.15) is 35.1 Å². The summed E-state index contributed by atoms with van der Waals surface area (Å²) in [7, 11) is -19.6. The van der Waals surface area contributed by atoms with E-state index in [2.05, 4.69) is 146 Å². The van der Waals surface area contributed by atoms with Crippen molar-refractivity contribution in [2.75, 3.05) is 0 Å².